The molecule has 1 unspecified atom stereocenters. The van der Waals surface area contributed by atoms with Crippen LogP contribution in [0.3, 0.4) is 0 Å². The third-order valence-corrected chi connectivity index (χ3v) is 3.43. The highest BCUT2D eigenvalue weighted by molar-refractivity contribution is 4.99. The molecule has 2 aliphatic rings. The molecule has 1 nitrogen and oxygen atoms in total. The van der Waals surface area contributed by atoms with Gasteiger partial charge in [-0.05, 0) is 37.6 Å². The average Bonchev–Trinajstić information content (AvgIpc) is 2.67. The van der Waals surface area contributed by atoms with Crippen molar-refractivity contribution in [3.05, 3.63) is 0 Å². The van der Waals surface area contributed by atoms with Gasteiger partial charge in [0.25, 0.3) is 0 Å². The summed E-state index contributed by atoms with van der Waals surface area (Å²) in [7, 11) is 2.28. The zero-order valence-corrected chi connectivity index (χ0v) is 7.77. The van der Waals surface area contributed by atoms with Crippen molar-refractivity contribution in [1.82, 2.24) is 4.90 Å². The van der Waals surface area contributed by atoms with Crippen LogP contribution in [0.4, 0.5) is 0 Å². The fourth-order valence-corrected chi connectivity index (χ4v) is 2.63. The highest BCUT2D eigenvalue weighted by atomic mass is 15.1. The maximum absolute atomic E-state index is 2.53. The SMILES string of the molecule is CCC1CN(C)CC2(CC2)C1. The number of piperidine rings is 1. The molecule has 0 aromatic heterocycles. The highest BCUT2D eigenvalue weighted by Crippen LogP contribution is 2.53. The van der Waals surface area contributed by atoms with Crippen molar-refractivity contribution in [2.45, 2.75) is 32.6 Å². The van der Waals surface area contributed by atoms with Gasteiger partial charge in [0.1, 0.15) is 0 Å². The second kappa shape index (κ2) is 2.48. The Bertz CT molecular complexity index is 149. The average molecular weight is 153 g/mol. The lowest BCUT2D eigenvalue weighted by molar-refractivity contribution is 0.134. The summed E-state index contributed by atoms with van der Waals surface area (Å²) in [6.07, 6.45) is 5.92. The molecule has 1 heterocycles. The Morgan fingerprint density at radius 2 is 2.18 bits per heavy atom. The van der Waals surface area contributed by atoms with E-state index in [1.165, 1.54) is 38.8 Å². The van der Waals surface area contributed by atoms with E-state index in [-0.39, 0.29) is 0 Å². The van der Waals surface area contributed by atoms with Gasteiger partial charge in [0.05, 0.1) is 0 Å². The van der Waals surface area contributed by atoms with E-state index in [0.717, 1.165) is 11.3 Å². The van der Waals surface area contributed by atoms with Crippen molar-refractivity contribution in [3.63, 3.8) is 0 Å². The first kappa shape index (κ1) is 7.60. The standard InChI is InChI=1S/C10H19N/c1-3-9-6-10(4-5-10)8-11(2)7-9/h9H,3-8H2,1-2H3. The van der Waals surface area contributed by atoms with Crippen LogP contribution in [0.2, 0.25) is 0 Å². The second-order valence-electron chi connectivity index (χ2n) is 4.68. The number of likely N-dealkylation sites (tertiary alicyclic amines) is 1. The van der Waals surface area contributed by atoms with Gasteiger partial charge < -0.3 is 4.90 Å². The van der Waals surface area contributed by atoms with Gasteiger partial charge in [-0.3, -0.25) is 0 Å². The molecular weight excluding hydrogens is 134 g/mol. The lowest BCUT2D eigenvalue weighted by Gasteiger charge is -2.35. The van der Waals surface area contributed by atoms with Crippen LogP contribution in [-0.4, -0.2) is 25.0 Å². The Kier molecular flexibility index (Phi) is 1.71. The van der Waals surface area contributed by atoms with Crippen molar-refractivity contribution in [1.29, 1.82) is 0 Å². The Labute approximate surface area is 69.8 Å². The third kappa shape index (κ3) is 1.44. The van der Waals surface area contributed by atoms with Gasteiger partial charge in [-0.1, -0.05) is 13.3 Å². The summed E-state index contributed by atoms with van der Waals surface area (Å²) in [5.41, 5.74) is 0.799. The number of hydrogen-bond acceptors (Lipinski definition) is 1. The molecule has 11 heavy (non-hydrogen) atoms. The van der Waals surface area contributed by atoms with E-state index in [0.29, 0.717) is 0 Å². The van der Waals surface area contributed by atoms with Crippen molar-refractivity contribution >= 4 is 0 Å². The number of hydrogen-bond donors (Lipinski definition) is 0. The van der Waals surface area contributed by atoms with Crippen LogP contribution in [-0.2, 0) is 0 Å². The number of nitrogens with zero attached hydrogens (tertiary/aromatic N) is 1. The first-order valence-corrected chi connectivity index (χ1v) is 4.93. The van der Waals surface area contributed by atoms with Crippen LogP contribution in [0.5, 0.6) is 0 Å². The minimum absolute atomic E-state index is 0.799. The molecule has 1 aliphatic carbocycles. The van der Waals surface area contributed by atoms with Crippen LogP contribution in [0.15, 0.2) is 0 Å². The normalized spacial score (nSPS) is 36.0. The molecule has 2 rings (SSSR count). The molecule has 2 fully saturated rings. The zero-order chi connectivity index (χ0) is 7.90. The first-order chi connectivity index (χ1) is 5.24. The molecule has 1 saturated heterocycles. The zero-order valence-electron chi connectivity index (χ0n) is 7.77. The van der Waals surface area contributed by atoms with Gasteiger partial charge in [0, 0.05) is 13.1 Å². The summed E-state index contributed by atoms with van der Waals surface area (Å²) in [6, 6.07) is 0. The Hall–Kier alpha value is -0.0400. The Morgan fingerprint density at radius 1 is 1.45 bits per heavy atom. The minimum atomic E-state index is 0.799. The first-order valence-electron chi connectivity index (χ1n) is 4.93. The fourth-order valence-electron chi connectivity index (χ4n) is 2.63. The van der Waals surface area contributed by atoms with E-state index in [1.807, 2.05) is 0 Å². The van der Waals surface area contributed by atoms with Gasteiger partial charge in [-0.15, -0.1) is 0 Å². The molecule has 1 atom stereocenters. The van der Waals surface area contributed by atoms with Crippen molar-refractivity contribution in [2.75, 3.05) is 20.1 Å². The van der Waals surface area contributed by atoms with Crippen LogP contribution in [0.1, 0.15) is 32.6 Å². The molecular formula is C10H19N. The van der Waals surface area contributed by atoms with Gasteiger partial charge in [-0.25, -0.2) is 0 Å². The lowest BCUT2D eigenvalue weighted by atomic mass is 9.85. The summed E-state index contributed by atoms with van der Waals surface area (Å²) in [4.78, 5) is 2.53. The predicted octanol–water partition coefficient (Wildman–Crippen LogP) is 2.13. The smallest absolute Gasteiger partial charge is 0.00352 e. The topological polar surface area (TPSA) is 3.24 Å². The van der Waals surface area contributed by atoms with E-state index in [1.54, 1.807) is 0 Å². The van der Waals surface area contributed by atoms with Crippen LogP contribution in [0.25, 0.3) is 0 Å². The quantitative estimate of drug-likeness (QED) is 0.558. The lowest BCUT2D eigenvalue weighted by Crippen LogP contribution is -2.38. The fraction of sp³-hybridized carbons (Fsp3) is 1.00. The Balaban J connectivity index is 1.97. The summed E-state index contributed by atoms with van der Waals surface area (Å²) in [5.74, 6) is 0.997. The minimum Gasteiger partial charge on any atom is -0.306 e. The van der Waals surface area contributed by atoms with Gasteiger partial charge in [0.2, 0.25) is 0 Å². The van der Waals surface area contributed by atoms with Crippen LogP contribution >= 0.6 is 0 Å². The molecule has 0 radical (unpaired) electrons. The van der Waals surface area contributed by atoms with E-state index < -0.39 is 0 Å². The van der Waals surface area contributed by atoms with E-state index in [2.05, 4.69) is 18.9 Å². The maximum Gasteiger partial charge on any atom is 0.00352 e. The van der Waals surface area contributed by atoms with E-state index >= 15 is 0 Å². The molecule has 1 aliphatic heterocycles. The summed E-state index contributed by atoms with van der Waals surface area (Å²) >= 11 is 0. The van der Waals surface area contributed by atoms with Crippen molar-refractivity contribution in [2.24, 2.45) is 11.3 Å². The highest BCUT2D eigenvalue weighted by Gasteiger charge is 2.46. The molecule has 1 heteroatoms. The third-order valence-electron chi connectivity index (χ3n) is 3.43. The van der Waals surface area contributed by atoms with Crippen molar-refractivity contribution < 1.29 is 0 Å². The molecule has 1 spiro atoms. The molecule has 0 aromatic rings. The molecule has 0 amide bonds. The predicted molar refractivity (Wildman–Crippen MR) is 47.6 cm³/mol. The molecule has 64 valence electrons. The van der Waals surface area contributed by atoms with E-state index in [9.17, 15) is 0 Å². The van der Waals surface area contributed by atoms with Gasteiger partial charge in [0.15, 0.2) is 0 Å². The monoisotopic (exact) mass is 153 g/mol. The maximum atomic E-state index is 2.53. The summed E-state index contributed by atoms with van der Waals surface area (Å²) < 4.78 is 0. The number of rotatable bonds is 1. The van der Waals surface area contributed by atoms with E-state index in [4.69, 9.17) is 0 Å². The molecule has 0 N–H and O–H groups in total. The summed E-state index contributed by atoms with van der Waals surface area (Å²) in [5, 5.41) is 0. The van der Waals surface area contributed by atoms with Crippen LogP contribution < -0.4 is 0 Å². The molecule has 0 bridgehead atoms. The second-order valence-corrected chi connectivity index (χ2v) is 4.68. The van der Waals surface area contributed by atoms with Crippen molar-refractivity contribution in [3.8, 4) is 0 Å². The van der Waals surface area contributed by atoms with Gasteiger partial charge >= 0.3 is 0 Å². The molecule has 0 aromatic carbocycles. The van der Waals surface area contributed by atoms with Crippen LogP contribution in [0, 0.1) is 11.3 Å². The largest absolute Gasteiger partial charge is 0.306 e. The molecule has 1 saturated carbocycles. The van der Waals surface area contributed by atoms with Gasteiger partial charge in [-0.2, -0.15) is 0 Å². The Morgan fingerprint density at radius 3 is 2.73 bits per heavy atom. The summed E-state index contributed by atoms with van der Waals surface area (Å²) in [6.45, 7) is 5.06.